The lowest BCUT2D eigenvalue weighted by molar-refractivity contribution is 0.0768. The fraction of sp³-hybridized carbons (Fsp3) is 0.308. The van der Waals surface area contributed by atoms with Gasteiger partial charge in [-0.15, -0.1) is 11.3 Å². The molecule has 0 fully saturated rings. The second kappa shape index (κ2) is 6.29. The van der Waals surface area contributed by atoms with Gasteiger partial charge in [0.15, 0.2) is 5.13 Å². The Labute approximate surface area is 116 Å². The lowest BCUT2D eigenvalue weighted by Gasteiger charge is -2.16. The van der Waals surface area contributed by atoms with Gasteiger partial charge in [-0.2, -0.15) is 0 Å². The molecule has 100 valence electrons. The molecule has 2 heterocycles. The average Bonchev–Trinajstić information content (AvgIpc) is 2.89. The molecule has 2 rings (SSSR count). The minimum atomic E-state index is -0.0321. The smallest absolute Gasteiger partial charge is 0.273 e. The van der Waals surface area contributed by atoms with E-state index in [0.717, 1.165) is 5.82 Å². The van der Waals surface area contributed by atoms with Gasteiger partial charge in [-0.25, -0.2) is 9.97 Å². The van der Waals surface area contributed by atoms with E-state index in [1.165, 1.54) is 11.3 Å². The molecule has 5 nitrogen and oxygen atoms in total. The summed E-state index contributed by atoms with van der Waals surface area (Å²) in [7, 11) is 0. The van der Waals surface area contributed by atoms with Crippen molar-refractivity contribution in [2.24, 2.45) is 0 Å². The standard InChI is InChI=1S/C13H16N4OS/c1-3-17(4-2)12(18)10-9-19-13(15-10)16-11-7-5-6-8-14-11/h5-9H,3-4H2,1-2H3,(H,14,15,16). The molecular formula is C13H16N4OS. The highest BCUT2D eigenvalue weighted by Crippen LogP contribution is 2.20. The third-order valence-corrected chi connectivity index (χ3v) is 3.43. The summed E-state index contributed by atoms with van der Waals surface area (Å²) in [5, 5.41) is 5.52. The van der Waals surface area contributed by atoms with Crippen LogP contribution in [0.15, 0.2) is 29.8 Å². The third kappa shape index (κ3) is 3.29. The van der Waals surface area contributed by atoms with Crippen molar-refractivity contribution in [3.05, 3.63) is 35.5 Å². The van der Waals surface area contributed by atoms with Crippen LogP contribution in [-0.4, -0.2) is 33.9 Å². The highest BCUT2D eigenvalue weighted by Gasteiger charge is 2.16. The Hall–Kier alpha value is -1.95. The summed E-state index contributed by atoms with van der Waals surface area (Å²) in [6.07, 6.45) is 1.71. The number of hydrogen-bond donors (Lipinski definition) is 1. The van der Waals surface area contributed by atoms with Crippen LogP contribution in [0.1, 0.15) is 24.3 Å². The predicted molar refractivity (Wildman–Crippen MR) is 76.9 cm³/mol. The van der Waals surface area contributed by atoms with Crippen molar-refractivity contribution in [2.45, 2.75) is 13.8 Å². The van der Waals surface area contributed by atoms with Crippen molar-refractivity contribution in [3.63, 3.8) is 0 Å². The van der Waals surface area contributed by atoms with Crippen LogP contribution in [0.4, 0.5) is 10.9 Å². The summed E-state index contributed by atoms with van der Waals surface area (Å²) in [5.74, 6) is 0.689. The molecular weight excluding hydrogens is 260 g/mol. The van der Waals surface area contributed by atoms with Gasteiger partial charge in [0, 0.05) is 24.7 Å². The zero-order valence-electron chi connectivity index (χ0n) is 11.0. The van der Waals surface area contributed by atoms with Crippen LogP contribution < -0.4 is 5.32 Å². The monoisotopic (exact) mass is 276 g/mol. The molecule has 0 spiro atoms. The van der Waals surface area contributed by atoms with Crippen LogP contribution in [0, 0.1) is 0 Å². The van der Waals surface area contributed by atoms with Crippen molar-refractivity contribution in [1.29, 1.82) is 0 Å². The molecule has 0 saturated heterocycles. The Morgan fingerprint density at radius 2 is 2.16 bits per heavy atom. The highest BCUT2D eigenvalue weighted by molar-refractivity contribution is 7.14. The van der Waals surface area contributed by atoms with E-state index >= 15 is 0 Å². The van der Waals surface area contributed by atoms with E-state index in [2.05, 4.69) is 15.3 Å². The lowest BCUT2D eigenvalue weighted by atomic mass is 10.4. The molecule has 1 amide bonds. The Morgan fingerprint density at radius 1 is 1.37 bits per heavy atom. The minimum absolute atomic E-state index is 0.0321. The van der Waals surface area contributed by atoms with E-state index < -0.39 is 0 Å². The molecule has 0 aliphatic rings. The number of amides is 1. The van der Waals surface area contributed by atoms with E-state index in [1.807, 2.05) is 32.0 Å². The van der Waals surface area contributed by atoms with Gasteiger partial charge in [0.05, 0.1) is 0 Å². The number of nitrogens with one attached hydrogen (secondary N) is 1. The molecule has 19 heavy (non-hydrogen) atoms. The molecule has 2 aromatic rings. The molecule has 0 unspecified atom stereocenters. The zero-order chi connectivity index (χ0) is 13.7. The van der Waals surface area contributed by atoms with Gasteiger partial charge in [0.1, 0.15) is 11.5 Å². The first-order valence-corrected chi connectivity index (χ1v) is 7.05. The van der Waals surface area contributed by atoms with Crippen molar-refractivity contribution in [2.75, 3.05) is 18.4 Å². The summed E-state index contributed by atoms with van der Waals surface area (Å²) in [6, 6.07) is 5.60. The van der Waals surface area contributed by atoms with Crippen LogP contribution in [0.2, 0.25) is 0 Å². The highest BCUT2D eigenvalue weighted by atomic mass is 32.1. The Kier molecular flexibility index (Phi) is 4.46. The number of aromatic nitrogens is 2. The fourth-order valence-electron chi connectivity index (χ4n) is 1.65. The molecule has 2 aromatic heterocycles. The zero-order valence-corrected chi connectivity index (χ0v) is 11.8. The number of carbonyl (C=O) groups excluding carboxylic acids is 1. The summed E-state index contributed by atoms with van der Waals surface area (Å²) in [6.45, 7) is 5.30. The molecule has 0 aliphatic carbocycles. The topological polar surface area (TPSA) is 58.1 Å². The Balaban J connectivity index is 2.09. The van der Waals surface area contributed by atoms with Crippen LogP contribution in [0.5, 0.6) is 0 Å². The first-order chi connectivity index (χ1) is 9.24. The van der Waals surface area contributed by atoms with Gasteiger partial charge in [-0.1, -0.05) is 6.07 Å². The summed E-state index contributed by atoms with van der Waals surface area (Å²) in [4.78, 5) is 22.3. The predicted octanol–water partition coefficient (Wildman–Crippen LogP) is 2.76. The molecule has 1 N–H and O–H groups in total. The van der Waals surface area contributed by atoms with E-state index in [1.54, 1.807) is 16.5 Å². The largest absolute Gasteiger partial charge is 0.338 e. The normalized spacial score (nSPS) is 10.2. The van der Waals surface area contributed by atoms with Crippen molar-refractivity contribution < 1.29 is 4.79 Å². The maximum Gasteiger partial charge on any atom is 0.273 e. The second-order valence-electron chi connectivity index (χ2n) is 3.86. The molecule has 0 bridgehead atoms. The fourth-order valence-corrected chi connectivity index (χ4v) is 2.34. The summed E-state index contributed by atoms with van der Waals surface area (Å²) >= 11 is 1.40. The number of thiazole rings is 1. The van der Waals surface area contributed by atoms with Crippen LogP contribution in [-0.2, 0) is 0 Å². The van der Waals surface area contributed by atoms with Crippen molar-refractivity contribution in [3.8, 4) is 0 Å². The third-order valence-electron chi connectivity index (χ3n) is 2.67. The van der Waals surface area contributed by atoms with Gasteiger partial charge in [0.2, 0.25) is 0 Å². The number of anilines is 2. The van der Waals surface area contributed by atoms with Crippen LogP contribution in [0.3, 0.4) is 0 Å². The maximum atomic E-state index is 12.1. The molecule has 0 aliphatic heterocycles. The first-order valence-electron chi connectivity index (χ1n) is 6.17. The van der Waals surface area contributed by atoms with Gasteiger partial charge in [-0.3, -0.25) is 4.79 Å². The van der Waals surface area contributed by atoms with E-state index in [0.29, 0.717) is 23.9 Å². The van der Waals surface area contributed by atoms with Gasteiger partial charge in [-0.05, 0) is 26.0 Å². The molecule has 0 aromatic carbocycles. The van der Waals surface area contributed by atoms with Gasteiger partial charge < -0.3 is 10.2 Å². The Bertz CT molecular complexity index is 537. The summed E-state index contributed by atoms with van der Waals surface area (Å²) in [5.41, 5.74) is 0.479. The van der Waals surface area contributed by atoms with Crippen LogP contribution in [0.25, 0.3) is 0 Å². The number of hydrogen-bond acceptors (Lipinski definition) is 5. The number of rotatable bonds is 5. The van der Waals surface area contributed by atoms with Gasteiger partial charge >= 0.3 is 0 Å². The van der Waals surface area contributed by atoms with Gasteiger partial charge in [0.25, 0.3) is 5.91 Å². The number of pyridine rings is 1. The SMILES string of the molecule is CCN(CC)C(=O)c1csc(Nc2ccccn2)n1. The molecule has 0 radical (unpaired) electrons. The lowest BCUT2D eigenvalue weighted by Crippen LogP contribution is -2.30. The van der Waals surface area contributed by atoms with E-state index in [9.17, 15) is 4.79 Å². The quantitative estimate of drug-likeness (QED) is 0.912. The second-order valence-corrected chi connectivity index (χ2v) is 4.71. The maximum absolute atomic E-state index is 12.1. The molecule has 6 heteroatoms. The number of carbonyl (C=O) groups is 1. The first kappa shape index (κ1) is 13.5. The minimum Gasteiger partial charge on any atom is -0.338 e. The van der Waals surface area contributed by atoms with E-state index in [-0.39, 0.29) is 5.91 Å². The average molecular weight is 276 g/mol. The summed E-state index contributed by atoms with van der Waals surface area (Å²) < 4.78 is 0. The Morgan fingerprint density at radius 3 is 2.79 bits per heavy atom. The molecule has 0 saturated carbocycles. The molecule has 0 atom stereocenters. The van der Waals surface area contributed by atoms with Crippen molar-refractivity contribution in [1.82, 2.24) is 14.9 Å². The van der Waals surface area contributed by atoms with Crippen molar-refractivity contribution >= 4 is 28.2 Å². The number of nitrogens with zero attached hydrogens (tertiary/aromatic N) is 3. The van der Waals surface area contributed by atoms with E-state index in [4.69, 9.17) is 0 Å². The van der Waals surface area contributed by atoms with Crippen LogP contribution >= 0.6 is 11.3 Å².